The van der Waals surface area contributed by atoms with Crippen molar-refractivity contribution < 1.29 is 8.78 Å². The van der Waals surface area contributed by atoms with Crippen LogP contribution >= 0.6 is 0 Å². The van der Waals surface area contributed by atoms with E-state index in [0.717, 1.165) is 6.07 Å². The standard InChI is InChI=1S/C11H13F2N/c1-11(2)9(6-14-11)8-5-7(12)3-4-10(8)13/h3-5,9,14H,6H2,1-2H3. The molecule has 0 saturated carbocycles. The van der Waals surface area contributed by atoms with Crippen molar-refractivity contribution in [3.8, 4) is 0 Å². The monoisotopic (exact) mass is 197 g/mol. The van der Waals surface area contributed by atoms with Crippen molar-refractivity contribution in [2.75, 3.05) is 6.54 Å². The normalized spacial score (nSPS) is 24.4. The zero-order chi connectivity index (χ0) is 10.3. The smallest absolute Gasteiger partial charge is 0.127 e. The summed E-state index contributed by atoms with van der Waals surface area (Å²) in [6.45, 7) is 4.70. The third-order valence-corrected chi connectivity index (χ3v) is 2.97. The van der Waals surface area contributed by atoms with Crippen LogP contribution in [-0.2, 0) is 0 Å². The molecule has 1 atom stereocenters. The van der Waals surface area contributed by atoms with Crippen LogP contribution in [0, 0.1) is 11.6 Å². The molecule has 1 saturated heterocycles. The highest BCUT2D eigenvalue weighted by Gasteiger charge is 2.40. The average molecular weight is 197 g/mol. The second-order valence-corrected chi connectivity index (χ2v) is 4.32. The first-order valence-corrected chi connectivity index (χ1v) is 4.71. The maximum atomic E-state index is 13.4. The van der Waals surface area contributed by atoms with Crippen LogP contribution in [0.15, 0.2) is 18.2 Å². The van der Waals surface area contributed by atoms with Gasteiger partial charge in [0.25, 0.3) is 0 Å². The molecule has 1 heterocycles. The molecular formula is C11H13F2N. The van der Waals surface area contributed by atoms with E-state index in [1.165, 1.54) is 12.1 Å². The predicted octanol–water partition coefficient (Wildman–Crippen LogP) is 2.43. The first-order chi connectivity index (χ1) is 6.50. The highest BCUT2D eigenvalue weighted by atomic mass is 19.1. The number of benzene rings is 1. The highest BCUT2D eigenvalue weighted by molar-refractivity contribution is 5.29. The van der Waals surface area contributed by atoms with Gasteiger partial charge in [0.15, 0.2) is 0 Å². The quantitative estimate of drug-likeness (QED) is 0.729. The van der Waals surface area contributed by atoms with Crippen LogP contribution in [0.4, 0.5) is 8.78 Å². The molecule has 3 heteroatoms. The first kappa shape index (κ1) is 9.59. The van der Waals surface area contributed by atoms with E-state index in [-0.39, 0.29) is 23.1 Å². The van der Waals surface area contributed by atoms with Gasteiger partial charge < -0.3 is 5.32 Å². The van der Waals surface area contributed by atoms with Crippen molar-refractivity contribution >= 4 is 0 Å². The molecule has 76 valence electrons. The fraction of sp³-hybridized carbons (Fsp3) is 0.455. The van der Waals surface area contributed by atoms with Gasteiger partial charge in [0, 0.05) is 18.0 Å². The van der Waals surface area contributed by atoms with Crippen molar-refractivity contribution in [3.05, 3.63) is 35.4 Å². The summed E-state index contributed by atoms with van der Waals surface area (Å²) in [7, 11) is 0. The Morgan fingerprint density at radius 1 is 1.36 bits per heavy atom. The van der Waals surface area contributed by atoms with Gasteiger partial charge in [-0.3, -0.25) is 0 Å². The lowest BCUT2D eigenvalue weighted by atomic mass is 9.75. The van der Waals surface area contributed by atoms with Crippen LogP contribution in [-0.4, -0.2) is 12.1 Å². The van der Waals surface area contributed by atoms with Crippen molar-refractivity contribution in [1.29, 1.82) is 0 Å². The second-order valence-electron chi connectivity index (χ2n) is 4.32. The largest absolute Gasteiger partial charge is 0.310 e. The fourth-order valence-corrected chi connectivity index (χ4v) is 1.89. The number of hydrogen-bond acceptors (Lipinski definition) is 1. The van der Waals surface area contributed by atoms with Gasteiger partial charge in [-0.25, -0.2) is 8.78 Å². The summed E-state index contributed by atoms with van der Waals surface area (Å²) in [5.74, 6) is -0.617. The molecule has 14 heavy (non-hydrogen) atoms. The lowest BCUT2D eigenvalue weighted by molar-refractivity contribution is 0.203. The van der Waals surface area contributed by atoms with Crippen LogP contribution in [0.2, 0.25) is 0 Å². The van der Waals surface area contributed by atoms with Gasteiger partial charge >= 0.3 is 0 Å². The van der Waals surface area contributed by atoms with Gasteiger partial charge in [0.1, 0.15) is 11.6 Å². The molecule has 2 rings (SSSR count). The van der Waals surface area contributed by atoms with Crippen molar-refractivity contribution in [1.82, 2.24) is 5.32 Å². The number of rotatable bonds is 1. The van der Waals surface area contributed by atoms with E-state index in [0.29, 0.717) is 12.1 Å². The van der Waals surface area contributed by atoms with E-state index < -0.39 is 0 Å². The Hall–Kier alpha value is -0.960. The Kier molecular flexibility index (Phi) is 2.07. The summed E-state index contributed by atoms with van der Waals surface area (Å²) >= 11 is 0. The third-order valence-electron chi connectivity index (χ3n) is 2.97. The van der Waals surface area contributed by atoms with Gasteiger partial charge in [-0.15, -0.1) is 0 Å². The van der Waals surface area contributed by atoms with Gasteiger partial charge in [0.2, 0.25) is 0 Å². The summed E-state index contributed by atoms with van der Waals surface area (Å²) < 4.78 is 26.3. The molecule has 0 aromatic heterocycles. The number of hydrogen-bond donors (Lipinski definition) is 1. The maximum Gasteiger partial charge on any atom is 0.127 e. The van der Waals surface area contributed by atoms with E-state index in [1.54, 1.807) is 0 Å². The molecule has 1 aliphatic heterocycles. The molecule has 1 aromatic carbocycles. The topological polar surface area (TPSA) is 12.0 Å². The van der Waals surface area contributed by atoms with E-state index in [9.17, 15) is 8.78 Å². The van der Waals surface area contributed by atoms with Gasteiger partial charge in [0.05, 0.1) is 0 Å². The summed E-state index contributed by atoms with van der Waals surface area (Å²) in [5, 5.41) is 3.19. The van der Waals surface area contributed by atoms with E-state index in [4.69, 9.17) is 0 Å². The molecule has 1 fully saturated rings. The molecule has 0 radical (unpaired) electrons. The van der Waals surface area contributed by atoms with Crippen LogP contribution in [0.3, 0.4) is 0 Å². The summed E-state index contributed by atoms with van der Waals surface area (Å²) in [6, 6.07) is 3.64. The zero-order valence-corrected chi connectivity index (χ0v) is 8.27. The Balaban J connectivity index is 2.37. The van der Waals surface area contributed by atoms with Crippen LogP contribution in [0.25, 0.3) is 0 Å². The lowest BCUT2D eigenvalue weighted by Gasteiger charge is -2.46. The maximum absolute atomic E-state index is 13.4. The van der Waals surface area contributed by atoms with Gasteiger partial charge in [-0.1, -0.05) is 0 Å². The molecule has 1 aliphatic rings. The number of halogens is 2. The fourth-order valence-electron chi connectivity index (χ4n) is 1.89. The van der Waals surface area contributed by atoms with Gasteiger partial charge in [-0.2, -0.15) is 0 Å². The molecule has 0 aliphatic carbocycles. The molecule has 1 N–H and O–H groups in total. The molecule has 0 amide bonds. The van der Waals surface area contributed by atoms with Crippen molar-refractivity contribution in [2.24, 2.45) is 0 Å². The Labute approximate surface area is 82.1 Å². The SMILES string of the molecule is CC1(C)NCC1c1cc(F)ccc1F. The zero-order valence-electron chi connectivity index (χ0n) is 8.27. The van der Waals surface area contributed by atoms with E-state index in [2.05, 4.69) is 5.32 Å². The van der Waals surface area contributed by atoms with Crippen LogP contribution < -0.4 is 5.32 Å². The summed E-state index contributed by atoms with van der Waals surface area (Å²) in [6.07, 6.45) is 0. The van der Waals surface area contributed by atoms with Gasteiger partial charge in [-0.05, 0) is 37.6 Å². The molecule has 0 bridgehead atoms. The third kappa shape index (κ3) is 1.42. The first-order valence-electron chi connectivity index (χ1n) is 4.71. The Bertz CT molecular complexity index is 360. The van der Waals surface area contributed by atoms with E-state index >= 15 is 0 Å². The molecule has 1 unspecified atom stereocenters. The minimum atomic E-state index is -0.371. The Morgan fingerprint density at radius 3 is 2.57 bits per heavy atom. The Morgan fingerprint density at radius 2 is 2.07 bits per heavy atom. The molecule has 1 aromatic rings. The summed E-state index contributed by atoms with van der Waals surface area (Å²) in [4.78, 5) is 0. The van der Waals surface area contributed by atoms with E-state index in [1.807, 2.05) is 13.8 Å². The minimum absolute atomic E-state index is 0.0678. The van der Waals surface area contributed by atoms with Crippen molar-refractivity contribution in [3.63, 3.8) is 0 Å². The molecular weight excluding hydrogens is 184 g/mol. The van der Waals surface area contributed by atoms with Crippen molar-refractivity contribution in [2.45, 2.75) is 25.3 Å². The van der Waals surface area contributed by atoms with Crippen LogP contribution in [0.1, 0.15) is 25.3 Å². The predicted molar refractivity (Wildman–Crippen MR) is 51.2 cm³/mol. The molecule has 0 spiro atoms. The molecule has 1 nitrogen and oxygen atoms in total. The minimum Gasteiger partial charge on any atom is -0.310 e. The average Bonchev–Trinajstić information content (AvgIpc) is 2.10. The number of nitrogens with one attached hydrogen (secondary N) is 1. The van der Waals surface area contributed by atoms with Crippen LogP contribution in [0.5, 0.6) is 0 Å². The lowest BCUT2D eigenvalue weighted by Crippen LogP contribution is -2.59. The second kappa shape index (κ2) is 3.02. The highest BCUT2D eigenvalue weighted by Crippen LogP contribution is 2.36. The summed E-state index contributed by atoms with van der Waals surface area (Å²) in [5.41, 5.74) is 0.350.